The van der Waals surface area contributed by atoms with Gasteiger partial charge in [0.05, 0.1) is 5.56 Å². The molecule has 1 aromatic heterocycles. The average molecular weight is 266 g/mol. The first-order valence-electron chi connectivity index (χ1n) is 4.78. The molecule has 1 N–H and O–H groups in total. The van der Waals surface area contributed by atoms with Gasteiger partial charge in [-0.2, -0.15) is 0 Å². The normalized spacial score (nSPS) is 10.2. The van der Waals surface area contributed by atoms with Crippen LogP contribution in [0.5, 0.6) is 0 Å². The van der Waals surface area contributed by atoms with Gasteiger partial charge in [-0.25, -0.2) is 9.78 Å². The Labute approximate surface area is 107 Å². The number of carbonyl (C=O) groups is 1. The Morgan fingerprint density at radius 1 is 1.29 bits per heavy atom. The molecule has 0 saturated heterocycles. The molecular formula is C12H8ClNO2S. The highest BCUT2D eigenvalue weighted by Gasteiger charge is 2.12. The molecule has 0 atom stereocenters. The van der Waals surface area contributed by atoms with E-state index in [4.69, 9.17) is 16.7 Å². The summed E-state index contributed by atoms with van der Waals surface area (Å²) in [7, 11) is 0. The largest absolute Gasteiger partial charge is 0.478 e. The van der Waals surface area contributed by atoms with Crippen LogP contribution in [0.25, 0.3) is 0 Å². The van der Waals surface area contributed by atoms with Gasteiger partial charge in [0.15, 0.2) is 0 Å². The lowest BCUT2D eigenvalue weighted by atomic mass is 10.2. The minimum Gasteiger partial charge on any atom is -0.478 e. The number of hydrogen-bond donors (Lipinski definition) is 1. The minimum atomic E-state index is -0.995. The third kappa shape index (κ3) is 2.99. The van der Waals surface area contributed by atoms with E-state index >= 15 is 0 Å². The molecular weight excluding hydrogens is 258 g/mol. The summed E-state index contributed by atoms with van der Waals surface area (Å²) in [5.41, 5.74) is 0.188. The van der Waals surface area contributed by atoms with Crippen LogP contribution in [0, 0.1) is 0 Å². The van der Waals surface area contributed by atoms with E-state index in [0.717, 1.165) is 5.03 Å². The second-order valence-corrected chi connectivity index (χ2v) is 4.71. The van der Waals surface area contributed by atoms with Crippen molar-refractivity contribution in [1.82, 2.24) is 4.98 Å². The maximum absolute atomic E-state index is 11.1. The van der Waals surface area contributed by atoms with Gasteiger partial charge in [-0.1, -0.05) is 29.4 Å². The summed E-state index contributed by atoms with van der Waals surface area (Å²) in [5.74, 6) is -0.995. The van der Waals surface area contributed by atoms with E-state index in [0.29, 0.717) is 9.92 Å². The maximum atomic E-state index is 11.1. The van der Waals surface area contributed by atoms with E-state index in [1.807, 2.05) is 18.2 Å². The molecule has 0 aliphatic heterocycles. The summed E-state index contributed by atoms with van der Waals surface area (Å²) >= 11 is 7.08. The van der Waals surface area contributed by atoms with E-state index < -0.39 is 5.97 Å². The number of carboxylic acids is 1. The second kappa shape index (κ2) is 5.21. The fourth-order valence-corrected chi connectivity index (χ4v) is 2.33. The zero-order valence-electron chi connectivity index (χ0n) is 8.63. The van der Waals surface area contributed by atoms with Crippen molar-refractivity contribution in [3.8, 4) is 0 Å². The minimum absolute atomic E-state index is 0.188. The van der Waals surface area contributed by atoms with Gasteiger partial charge in [0.1, 0.15) is 5.03 Å². The summed E-state index contributed by atoms with van der Waals surface area (Å²) < 4.78 is 0. The number of benzene rings is 1. The van der Waals surface area contributed by atoms with Crippen LogP contribution in [-0.2, 0) is 0 Å². The van der Waals surface area contributed by atoms with Gasteiger partial charge in [0.25, 0.3) is 0 Å². The highest BCUT2D eigenvalue weighted by molar-refractivity contribution is 7.99. The first-order valence-corrected chi connectivity index (χ1v) is 5.98. The summed E-state index contributed by atoms with van der Waals surface area (Å²) in [6, 6.07) is 10.3. The van der Waals surface area contributed by atoms with Crippen molar-refractivity contribution in [3.63, 3.8) is 0 Å². The standard InChI is InChI=1S/C12H8ClNO2S/c13-8-4-5-10(9(7-8)12(15)16)17-11-3-1-2-6-14-11/h1-7H,(H,15,16). The molecule has 0 saturated carbocycles. The van der Waals surface area contributed by atoms with Gasteiger partial charge >= 0.3 is 5.97 Å². The molecule has 2 rings (SSSR count). The summed E-state index contributed by atoms with van der Waals surface area (Å²) in [5, 5.41) is 10.2. The number of pyridine rings is 1. The summed E-state index contributed by atoms with van der Waals surface area (Å²) in [6.07, 6.45) is 1.67. The molecule has 0 spiro atoms. The zero-order valence-corrected chi connectivity index (χ0v) is 10.2. The van der Waals surface area contributed by atoms with Crippen molar-refractivity contribution in [2.24, 2.45) is 0 Å². The highest BCUT2D eigenvalue weighted by atomic mass is 35.5. The number of rotatable bonds is 3. The van der Waals surface area contributed by atoms with Gasteiger partial charge in [0, 0.05) is 16.1 Å². The Morgan fingerprint density at radius 3 is 2.76 bits per heavy atom. The molecule has 0 aliphatic carbocycles. The van der Waals surface area contributed by atoms with Gasteiger partial charge in [-0.05, 0) is 30.3 Å². The van der Waals surface area contributed by atoms with Crippen molar-refractivity contribution < 1.29 is 9.90 Å². The van der Waals surface area contributed by atoms with Crippen molar-refractivity contribution in [3.05, 3.63) is 53.2 Å². The number of hydrogen-bond acceptors (Lipinski definition) is 3. The zero-order chi connectivity index (χ0) is 12.3. The molecule has 0 unspecified atom stereocenters. The average Bonchev–Trinajstić information content (AvgIpc) is 2.32. The SMILES string of the molecule is O=C(O)c1cc(Cl)ccc1Sc1ccccn1. The monoisotopic (exact) mass is 265 g/mol. The molecule has 5 heteroatoms. The van der Waals surface area contributed by atoms with Crippen LogP contribution in [0.15, 0.2) is 52.5 Å². The van der Waals surface area contributed by atoms with Crippen molar-refractivity contribution in [1.29, 1.82) is 0 Å². The van der Waals surface area contributed by atoms with E-state index in [1.54, 1.807) is 18.3 Å². The molecule has 0 bridgehead atoms. The van der Waals surface area contributed by atoms with E-state index in [-0.39, 0.29) is 5.56 Å². The Kier molecular flexibility index (Phi) is 3.66. The van der Waals surface area contributed by atoms with Gasteiger partial charge < -0.3 is 5.11 Å². The number of nitrogens with zero attached hydrogens (tertiary/aromatic N) is 1. The third-order valence-corrected chi connectivity index (χ3v) is 3.29. The maximum Gasteiger partial charge on any atom is 0.336 e. The molecule has 1 aromatic carbocycles. The van der Waals surface area contributed by atoms with Crippen molar-refractivity contribution in [2.75, 3.05) is 0 Å². The molecule has 86 valence electrons. The number of carboxylic acid groups (broad SMARTS) is 1. The number of halogens is 1. The van der Waals surface area contributed by atoms with Gasteiger partial charge in [0.2, 0.25) is 0 Å². The second-order valence-electron chi connectivity index (χ2n) is 3.22. The lowest BCUT2D eigenvalue weighted by Gasteiger charge is -2.05. The van der Waals surface area contributed by atoms with E-state index in [1.165, 1.54) is 17.8 Å². The highest BCUT2D eigenvalue weighted by Crippen LogP contribution is 2.30. The molecule has 3 nitrogen and oxygen atoms in total. The molecule has 17 heavy (non-hydrogen) atoms. The first kappa shape index (κ1) is 12.0. The molecule has 0 radical (unpaired) electrons. The third-order valence-electron chi connectivity index (χ3n) is 2.02. The summed E-state index contributed by atoms with van der Waals surface area (Å²) in [6.45, 7) is 0. The van der Waals surface area contributed by atoms with E-state index in [9.17, 15) is 4.79 Å². The van der Waals surface area contributed by atoms with Crippen LogP contribution < -0.4 is 0 Å². The van der Waals surface area contributed by atoms with Crippen LogP contribution >= 0.6 is 23.4 Å². The first-order chi connectivity index (χ1) is 8.16. The molecule has 0 aliphatic rings. The fraction of sp³-hybridized carbons (Fsp3) is 0. The lowest BCUT2D eigenvalue weighted by Crippen LogP contribution is -1.98. The Bertz CT molecular complexity index is 545. The molecule has 2 aromatic rings. The fourth-order valence-electron chi connectivity index (χ4n) is 1.28. The Morgan fingerprint density at radius 2 is 2.12 bits per heavy atom. The Balaban J connectivity index is 2.36. The number of aromatic nitrogens is 1. The predicted molar refractivity (Wildman–Crippen MR) is 66.8 cm³/mol. The summed E-state index contributed by atoms with van der Waals surface area (Å²) in [4.78, 5) is 15.8. The molecule has 1 heterocycles. The lowest BCUT2D eigenvalue weighted by molar-refractivity contribution is 0.0693. The van der Waals surface area contributed by atoms with Crippen LogP contribution in [0.4, 0.5) is 0 Å². The topological polar surface area (TPSA) is 50.2 Å². The van der Waals surface area contributed by atoms with Crippen LogP contribution in [0.3, 0.4) is 0 Å². The predicted octanol–water partition coefficient (Wildman–Crippen LogP) is 3.58. The van der Waals surface area contributed by atoms with Crippen molar-refractivity contribution in [2.45, 2.75) is 9.92 Å². The quantitative estimate of drug-likeness (QED) is 0.921. The van der Waals surface area contributed by atoms with Crippen LogP contribution in [-0.4, -0.2) is 16.1 Å². The van der Waals surface area contributed by atoms with Gasteiger partial charge in [-0.15, -0.1) is 0 Å². The van der Waals surface area contributed by atoms with Crippen LogP contribution in [0.2, 0.25) is 5.02 Å². The smallest absolute Gasteiger partial charge is 0.336 e. The molecule has 0 fully saturated rings. The van der Waals surface area contributed by atoms with Crippen LogP contribution in [0.1, 0.15) is 10.4 Å². The molecule has 0 amide bonds. The van der Waals surface area contributed by atoms with Gasteiger partial charge in [-0.3, -0.25) is 0 Å². The Hall–Kier alpha value is -1.52. The van der Waals surface area contributed by atoms with E-state index in [2.05, 4.69) is 4.98 Å². The van der Waals surface area contributed by atoms with Crippen molar-refractivity contribution >= 4 is 29.3 Å². The number of aromatic carboxylic acids is 1.